The summed E-state index contributed by atoms with van der Waals surface area (Å²) in [6.07, 6.45) is 5.31. The molecule has 0 aliphatic heterocycles. The van der Waals surface area contributed by atoms with Crippen LogP contribution in [0.2, 0.25) is 0 Å². The van der Waals surface area contributed by atoms with E-state index in [0.717, 1.165) is 17.2 Å². The second kappa shape index (κ2) is 4.85. The lowest BCUT2D eigenvalue weighted by molar-refractivity contribution is 0.527. The molecule has 0 spiro atoms. The van der Waals surface area contributed by atoms with Gasteiger partial charge in [0, 0.05) is 5.33 Å². The smallest absolute Gasteiger partial charge is 0.0288 e. The van der Waals surface area contributed by atoms with Crippen LogP contribution in [0.5, 0.6) is 0 Å². The Balaban J connectivity index is 2.05. The highest BCUT2D eigenvalue weighted by Crippen LogP contribution is 2.42. The second-order valence-electron chi connectivity index (χ2n) is 5.94. The van der Waals surface area contributed by atoms with E-state index in [4.69, 9.17) is 0 Å². The van der Waals surface area contributed by atoms with Crippen LogP contribution in [0.25, 0.3) is 5.57 Å². The van der Waals surface area contributed by atoms with Gasteiger partial charge in [0.1, 0.15) is 0 Å². The van der Waals surface area contributed by atoms with E-state index in [1.807, 2.05) is 0 Å². The summed E-state index contributed by atoms with van der Waals surface area (Å²) < 4.78 is 0. The van der Waals surface area contributed by atoms with Crippen molar-refractivity contribution < 1.29 is 0 Å². The Labute approximate surface area is 119 Å². The molecule has 1 fully saturated rings. The molecule has 0 nitrogen and oxygen atoms in total. The molecule has 0 N–H and O–H groups in total. The van der Waals surface area contributed by atoms with Crippen LogP contribution < -0.4 is 0 Å². The standard InChI is InChI=1S/C17H21Br/c1-11-3-4-12(2)16-9-14(7-8-15(11)16)17(10-18)13-5-6-13/h7-9,11-12H,3-6,10H2,1-2H3. The van der Waals surface area contributed by atoms with E-state index in [2.05, 4.69) is 48.0 Å². The van der Waals surface area contributed by atoms with Gasteiger partial charge in [-0.05, 0) is 59.8 Å². The predicted octanol–water partition coefficient (Wildman–Crippen LogP) is 5.63. The predicted molar refractivity (Wildman–Crippen MR) is 82.5 cm³/mol. The molecule has 0 radical (unpaired) electrons. The normalized spacial score (nSPS) is 25.8. The van der Waals surface area contributed by atoms with Crippen molar-refractivity contribution in [3.8, 4) is 0 Å². The molecule has 2 atom stereocenters. The topological polar surface area (TPSA) is 0 Å². The van der Waals surface area contributed by atoms with Gasteiger partial charge in [-0.15, -0.1) is 0 Å². The first-order valence-corrected chi connectivity index (χ1v) is 8.24. The number of hydrogen-bond donors (Lipinski definition) is 0. The third kappa shape index (κ3) is 2.18. The van der Waals surface area contributed by atoms with Gasteiger partial charge in [0.05, 0.1) is 0 Å². The van der Waals surface area contributed by atoms with Gasteiger partial charge < -0.3 is 0 Å². The van der Waals surface area contributed by atoms with Gasteiger partial charge in [-0.3, -0.25) is 0 Å². The fraction of sp³-hybridized carbons (Fsp3) is 0.529. The SMILES string of the molecule is CC1CCC(C)c2cc(C(CBr)=C3CC3)ccc21. The zero-order chi connectivity index (χ0) is 12.7. The number of fused-ring (bicyclic) bond motifs is 1. The number of rotatable bonds is 2. The Bertz CT molecular complexity index is 492. The van der Waals surface area contributed by atoms with Crippen LogP contribution in [0, 0.1) is 0 Å². The summed E-state index contributed by atoms with van der Waals surface area (Å²) in [5.74, 6) is 1.48. The first-order valence-electron chi connectivity index (χ1n) is 7.11. The van der Waals surface area contributed by atoms with Crippen LogP contribution in [0.3, 0.4) is 0 Å². The van der Waals surface area contributed by atoms with E-state index < -0.39 is 0 Å². The average molecular weight is 305 g/mol. The first-order chi connectivity index (χ1) is 8.70. The Morgan fingerprint density at radius 1 is 1.11 bits per heavy atom. The van der Waals surface area contributed by atoms with Gasteiger partial charge in [0.25, 0.3) is 0 Å². The molecular weight excluding hydrogens is 284 g/mol. The van der Waals surface area contributed by atoms with E-state index in [9.17, 15) is 0 Å². The third-order valence-corrected chi connectivity index (χ3v) is 5.15. The van der Waals surface area contributed by atoms with E-state index in [-0.39, 0.29) is 0 Å². The third-order valence-electron chi connectivity index (χ3n) is 4.59. The van der Waals surface area contributed by atoms with Gasteiger partial charge in [0.2, 0.25) is 0 Å². The number of alkyl halides is 1. The first kappa shape index (κ1) is 12.5. The molecule has 0 saturated heterocycles. The van der Waals surface area contributed by atoms with E-state index in [0.29, 0.717) is 0 Å². The van der Waals surface area contributed by atoms with Crippen molar-refractivity contribution in [3.05, 3.63) is 40.5 Å². The van der Waals surface area contributed by atoms with Crippen LogP contribution in [0.4, 0.5) is 0 Å². The minimum atomic E-state index is 0.733. The lowest BCUT2D eigenvalue weighted by Crippen LogP contribution is -2.11. The minimum absolute atomic E-state index is 0.733. The van der Waals surface area contributed by atoms with E-state index >= 15 is 0 Å². The lowest BCUT2D eigenvalue weighted by atomic mass is 9.77. The van der Waals surface area contributed by atoms with Crippen LogP contribution in [0.1, 0.15) is 68.1 Å². The number of benzene rings is 1. The molecule has 2 aliphatic rings. The Morgan fingerprint density at radius 2 is 1.78 bits per heavy atom. The molecule has 1 heteroatoms. The van der Waals surface area contributed by atoms with E-state index in [1.165, 1.54) is 31.2 Å². The molecule has 3 rings (SSSR count). The monoisotopic (exact) mass is 304 g/mol. The summed E-state index contributed by atoms with van der Waals surface area (Å²) in [7, 11) is 0. The number of halogens is 1. The van der Waals surface area contributed by atoms with Gasteiger partial charge in [-0.25, -0.2) is 0 Å². The highest BCUT2D eigenvalue weighted by Gasteiger charge is 2.24. The highest BCUT2D eigenvalue weighted by atomic mass is 79.9. The molecule has 0 heterocycles. The fourth-order valence-electron chi connectivity index (χ4n) is 3.19. The minimum Gasteiger partial charge on any atom is -0.0876 e. The molecule has 2 unspecified atom stereocenters. The molecule has 96 valence electrons. The molecular formula is C17H21Br. The van der Waals surface area contributed by atoms with Gasteiger partial charge in [-0.2, -0.15) is 0 Å². The van der Waals surface area contributed by atoms with Crippen LogP contribution in [-0.4, -0.2) is 5.33 Å². The number of allylic oxidation sites excluding steroid dienone is 2. The zero-order valence-electron chi connectivity index (χ0n) is 11.3. The van der Waals surface area contributed by atoms with Crippen molar-refractivity contribution in [2.24, 2.45) is 0 Å². The molecule has 1 saturated carbocycles. The lowest BCUT2D eigenvalue weighted by Gasteiger charge is -2.28. The van der Waals surface area contributed by atoms with Crippen molar-refractivity contribution in [2.75, 3.05) is 5.33 Å². The Kier molecular flexibility index (Phi) is 3.36. The van der Waals surface area contributed by atoms with Crippen molar-refractivity contribution in [1.29, 1.82) is 0 Å². The van der Waals surface area contributed by atoms with Gasteiger partial charge >= 0.3 is 0 Å². The van der Waals surface area contributed by atoms with Crippen LogP contribution >= 0.6 is 15.9 Å². The zero-order valence-corrected chi connectivity index (χ0v) is 12.9. The molecule has 1 aromatic carbocycles. The summed E-state index contributed by atoms with van der Waals surface area (Å²) in [6.45, 7) is 4.75. The highest BCUT2D eigenvalue weighted by molar-refractivity contribution is 9.09. The molecule has 2 aliphatic carbocycles. The largest absolute Gasteiger partial charge is 0.0876 e. The maximum atomic E-state index is 3.66. The summed E-state index contributed by atoms with van der Waals surface area (Å²) >= 11 is 3.66. The van der Waals surface area contributed by atoms with Crippen LogP contribution in [-0.2, 0) is 0 Å². The van der Waals surface area contributed by atoms with Gasteiger partial charge in [0.15, 0.2) is 0 Å². The van der Waals surface area contributed by atoms with Gasteiger partial charge in [-0.1, -0.05) is 53.5 Å². The molecule has 1 aromatic rings. The van der Waals surface area contributed by atoms with E-state index in [1.54, 1.807) is 22.3 Å². The Hall–Kier alpha value is -0.560. The number of hydrogen-bond acceptors (Lipinski definition) is 0. The maximum Gasteiger partial charge on any atom is 0.0288 e. The van der Waals surface area contributed by atoms with Crippen molar-refractivity contribution >= 4 is 21.5 Å². The fourth-order valence-corrected chi connectivity index (χ4v) is 3.91. The molecule has 0 bridgehead atoms. The summed E-state index contributed by atoms with van der Waals surface area (Å²) in [6, 6.07) is 7.20. The summed E-state index contributed by atoms with van der Waals surface area (Å²) in [4.78, 5) is 0. The molecule has 0 amide bonds. The van der Waals surface area contributed by atoms with Crippen LogP contribution in [0.15, 0.2) is 23.8 Å². The summed E-state index contributed by atoms with van der Waals surface area (Å²) in [5.41, 5.74) is 7.85. The van der Waals surface area contributed by atoms with Crippen molar-refractivity contribution in [1.82, 2.24) is 0 Å². The Morgan fingerprint density at radius 3 is 2.39 bits per heavy atom. The quantitative estimate of drug-likeness (QED) is 0.621. The van der Waals surface area contributed by atoms with Crippen molar-refractivity contribution in [3.63, 3.8) is 0 Å². The van der Waals surface area contributed by atoms with Crippen molar-refractivity contribution in [2.45, 2.75) is 51.4 Å². The average Bonchev–Trinajstić information content (AvgIpc) is 3.20. The molecule has 18 heavy (non-hydrogen) atoms. The maximum absolute atomic E-state index is 3.66. The molecule has 0 aromatic heterocycles. The summed E-state index contributed by atoms with van der Waals surface area (Å²) in [5, 5.41) is 1.01. The second-order valence-corrected chi connectivity index (χ2v) is 6.50.